The molecular formula is C13H14N6S. The first-order valence-corrected chi connectivity index (χ1v) is 7.37. The van der Waals surface area contributed by atoms with Gasteiger partial charge in [0, 0.05) is 19.2 Å². The van der Waals surface area contributed by atoms with Crippen LogP contribution in [0, 0.1) is 11.3 Å². The maximum Gasteiger partial charge on any atom is 0.189 e. The quantitative estimate of drug-likeness (QED) is 0.934. The van der Waals surface area contributed by atoms with Gasteiger partial charge in [0.25, 0.3) is 0 Å². The Bertz CT molecular complexity index is 626. The lowest BCUT2D eigenvalue weighted by molar-refractivity contribution is 0.573. The molecule has 2 aromatic heterocycles. The molecule has 1 N–H and O–H groups in total. The van der Waals surface area contributed by atoms with E-state index < -0.39 is 0 Å². The Hall–Kier alpha value is -2.20. The van der Waals surface area contributed by atoms with E-state index in [1.807, 2.05) is 6.07 Å². The van der Waals surface area contributed by atoms with E-state index in [0.717, 1.165) is 18.9 Å². The fourth-order valence-corrected chi connectivity index (χ4v) is 2.82. The third kappa shape index (κ3) is 2.86. The zero-order valence-electron chi connectivity index (χ0n) is 10.9. The molecule has 7 heteroatoms. The summed E-state index contributed by atoms with van der Waals surface area (Å²) in [5.74, 6) is 1.65. The van der Waals surface area contributed by atoms with Gasteiger partial charge in [-0.3, -0.25) is 0 Å². The Morgan fingerprint density at radius 3 is 2.80 bits per heavy atom. The summed E-state index contributed by atoms with van der Waals surface area (Å²) < 4.78 is 0. The standard InChI is InChI=1S/C13H14N6S/c14-7-10-8-15-13(20-10)18-11-6-12(17-9-16-11)19-4-2-1-3-5-19/h6,8-9H,1-5H2,(H,15,16,17,18). The van der Waals surface area contributed by atoms with Crippen LogP contribution in [0.3, 0.4) is 0 Å². The zero-order valence-corrected chi connectivity index (χ0v) is 11.7. The number of anilines is 3. The van der Waals surface area contributed by atoms with E-state index in [9.17, 15) is 0 Å². The van der Waals surface area contributed by atoms with Crippen LogP contribution >= 0.6 is 11.3 Å². The van der Waals surface area contributed by atoms with E-state index in [1.54, 1.807) is 12.5 Å². The van der Waals surface area contributed by atoms with Crippen molar-refractivity contribution in [1.82, 2.24) is 15.0 Å². The average molecular weight is 286 g/mol. The van der Waals surface area contributed by atoms with Gasteiger partial charge < -0.3 is 10.2 Å². The topological polar surface area (TPSA) is 77.7 Å². The zero-order chi connectivity index (χ0) is 13.8. The number of piperidine rings is 1. The van der Waals surface area contributed by atoms with Crippen LogP contribution in [0.5, 0.6) is 0 Å². The summed E-state index contributed by atoms with van der Waals surface area (Å²) in [5, 5.41) is 12.6. The number of aromatic nitrogens is 3. The second-order valence-corrected chi connectivity index (χ2v) is 5.61. The fraction of sp³-hybridized carbons (Fsp3) is 0.385. The molecule has 20 heavy (non-hydrogen) atoms. The molecular weight excluding hydrogens is 272 g/mol. The Kier molecular flexibility index (Phi) is 3.74. The first kappa shape index (κ1) is 12.8. The molecule has 0 spiro atoms. The van der Waals surface area contributed by atoms with Crippen molar-refractivity contribution in [3.05, 3.63) is 23.5 Å². The number of nitriles is 1. The van der Waals surface area contributed by atoms with Crippen LogP contribution in [-0.4, -0.2) is 28.0 Å². The van der Waals surface area contributed by atoms with Crippen LogP contribution in [0.25, 0.3) is 0 Å². The summed E-state index contributed by atoms with van der Waals surface area (Å²) in [6, 6.07) is 4.00. The van der Waals surface area contributed by atoms with Crippen molar-refractivity contribution in [2.45, 2.75) is 19.3 Å². The van der Waals surface area contributed by atoms with Gasteiger partial charge in [-0.25, -0.2) is 15.0 Å². The van der Waals surface area contributed by atoms with Gasteiger partial charge in [0.2, 0.25) is 0 Å². The molecule has 0 aliphatic carbocycles. The molecule has 0 amide bonds. The Morgan fingerprint density at radius 2 is 2.05 bits per heavy atom. The second kappa shape index (κ2) is 5.84. The highest BCUT2D eigenvalue weighted by Gasteiger charge is 2.13. The summed E-state index contributed by atoms with van der Waals surface area (Å²) >= 11 is 1.31. The maximum atomic E-state index is 8.79. The first-order chi connectivity index (χ1) is 9.85. The van der Waals surface area contributed by atoms with Gasteiger partial charge in [-0.1, -0.05) is 11.3 Å². The van der Waals surface area contributed by atoms with Gasteiger partial charge in [0.15, 0.2) is 5.13 Å². The van der Waals surface area contributed by atoms with Gasteiger partial charge in [-0.15, -0.1) is 0 Å². The predicted octanol–water partition coefficient (Wildman–Crippen LogP) is 2.54. The molecule has 1 saturated heterocycles. The molecule has 0 bridgehead atoms. The second-order valence-electron chi connectivity index (χ2n) is 4.58. The molecule has 2 aromatic rings. The lowest BCUT2D eigenvalue weighted by atomic mass is 10.1. The smallest absolute Gasteiger partial charge is 0.189 e. The van der Waals surface area contributed by atoms with Crippen molar-refractivity contribution in [3.8, 4) is 6.07 Å². The van der Waals surface area contributed by atoms with Gasteiger partial charge in [0.05, 0.1) is 6.20 Å². The number of thiazole rings is 1. The average Bonchev–Trinajstić information content (AvgIpc) is 2.96. The van der Waals surface area contributed by atoms with Crippen LogP contribution in [0.2, 0.25) is 0 Å². The number of hydrogen-bond acceptors (Lipinski definition) is 7. The predicted molar refractivity (Wildman–Crippen MR) is 78.2 cm³/mol. The normalized spacial score (nSPS) is 14.8. The maximum absolute atomic E-state index is 8.79. The van der Waals surface area contributed by atoms with Crippen LogP contribution in [0.4, 0.5) is 16.8 Å². The van der Waals surface area contributed by atoms with Gasteiger partial charge >= 0.3 is 0 Å². The van der Waals surface area contributed by atoms with Crippen molar-refractivity contribution in [2.75, 3.05) is 23.3 Å². The molecule has 0 saturated carbocycles. The van der Waals surface area contributed by atoms with Crippen molar-refractivity contribution < 1.29 is 0 Å². The lowest BCUT2D eigenvalue weighted by Crippen LogP contribution is -2.30. The number of rotatable bonds is 3. The number of hydrogen-bond donors (Lipinski definition) is 1. The largest absolute Gasteiger partial charge is 0.356 e. The SMILES string of the molecule is N#Cc1cnc(Nc2cc(N3CCCCC3)ncn2)s1. The molecule has 102 valence electrons. The van der Waals surface area contributed by atoms with Crippen molar-refractivity contribution in [1.29, 1.82) is 5.26 Å². The van der Waals surface area contributed by atoms with E-state index in [0.29, 0.717) is 15.8 Å². The third-order valence-corrected chi connectivity index (χ3v) is 4.00. The van der Waals surface area contributed by atoms with Crippen LogP contribution in [0.1, 0.15) is 24.1 Å². The Morgan fingerprint density at radius 1 is 1.20 bits per heavy atom. The highest BCUT2D eigenvalue weighted by atomic mass is 32.1. The van der Waals surface area contributed by atoms with E-state index in [1.165, 1.54) is 30.6 Å². The minimum absolute atomic E-state index is 0.581. The summed E-state index contributed by atoms with van der Waals surface area (Å²) in [5.41, 5.74) is 0. The molecule has 1 aliphatic rings. The van der Waals surface area contributed by atoms with Gasteiger partial charge in [0.1, 0.15) is 28.9 Å². The summed E-state index contributed by atoms with van der Waals surface area (Å²) in [7, 11) is 0. The van der Waals surface area contributed by atoms with Crippen LogP contribution in [-0.2, 0) is 0 Å². The third-order valence-electron chi connectivity index (χ3n) is 3.18. The van der Waals surface area contributed by atoms with E-state index >= 15 is 0 Å². The Labute approximate surface area is 121 Å². The number of nitrogens with zero attached hydrogens (tertiary/aromatic N) is 5. The molecule has 6 nitrogen and oxygen atoms in total. The lowest BCUT2D eigenvalue weighted by Gasteiger charge is -2.27. The minimum Gasteiger partial charge on any atom is -0.356 e. The van der Waals surface area contributed by atoms with E-state index in [-0.39, 0.29) is 0 Å². The fourth-order valence-electron chi connectivity index (χ4n) is 2.20. The molecule has 0 atom stereocenters. The molecule has 0 unspecified atom stereocenters. The van der Waals surface area contributed by atoms with E-state index in [2.05, 4.69) is 31.2 Å². The first-order valence-electron chi connectivity index (χ1n) is 6.55. The van der Waals surface area contributed by atoms with E-state index in [4.69, 9.17) is 5.26 Å². The molecule has 0 radical (unpaired) electrons. The van der Waals surface area contributed by atoms with Crippen LogP contribution in [0.15, 0.2) is 18.6 Å². The summed E-state index contributed by atoms with van der Waals surface area (Å²) in [4.78, 5) is 15.5. The highest BCUT2D eigenvalue weighted by Crippen LogP contribution is 2.23. The molecule has 1 aliphatic heterocycles. The van der Waals surface area contributed by atoms with Gasteiger partial charge in [-0.05, 0) is 19.3 Å². The Balaban J connectivity index is 1.75. The summed E-state index contributed by atoms with van der Waals surface area (Å²) in [6.45, 7) is 2.10. The van der Waals surface area contributed by atoms with Crippen molar-refractivity contribution >= 4 is 28.1 Å². The molecule has 0 aromatic carbocycles. The van der Waals surface area contributed by atoms with Crippen molar-refractivity contribution in [3.63, 3.8) is 0 Å². The summed E-state index contributed by atoms with van der Waals surface area (Å²) in [6.07, 6.45) is 6.84. The molecule has 1 fully saturated rings. The molecule has 3 heterocycles. The monoisotopic (exact) mass is 286 g/mol. The number of nitrogens with one attached hydrogen (secondary N) is 1. The highest BCUT2D eigenvalue weighted by molar-refractivity contribution is 7.16. The van der Waals surface area contributed by atoms with Gasteiger partial charge in [-0.2, -0.15) is 5.26 Å². The minimum atomic E-state index is 0.581. The van der Waals surface area contributed by atoms with Crippen molar-refractivity contribution in [2.24, 2.45) is 0 Å². The molecule has 3 rings (SSSR count). The van der Waals surface area contributed by atoms with Crippen LogP contribution < -0.4 is 10.2 Å².